The van der Waals surface area contributed by atoms with Gasteiger partial charge in [0, 0.05) is 19.3 Å². The van der Waals surface area contributed by atoms with Crippen LogP contribution in [0, 0.1) is 0 Å². The molecule has 3 rings (SSSR count). The molecule has 0 saturated heterocycles. The molecule has 0 saturated carbocycles. The molecule has 1 aliphatic heterocycles. The Kier molecular flexibility index (Phi) is 2.49. The topological polar surface area (TPSA) is 67.1 Å². The summed E-state index contributed by atoms with van der Waals surface area (Å²) in [6, 6.07) is 3.82. The number of aliphatic hydroxyl groups is 1. The van der Waals surface area contributed by atoms with Crippen LogP contribution in [0.15, 0.2) is 24.7 Å². The van der Waals surface area contributed by atoms with Gasteiger partial charge < -0.3 is 14.6 Å². The Bertz CT molecular complexity index is 507. The van der Waals surface area contributed by atoms with E-state index in [1.807, 2.05) is 12.1 Å². The molecule has 0 aliphatic carbocycles. The van der Waals surface area contributed by atoms with Gasteiger partial charge >= 0.3 is 0 Å². The molecule has 1 N–H and O–H groups in total. The van der Waals surface area contributed by atoms with Crippen LogP contribution in [0.1, 0.15) is 11.4 Å². The first kappa shape index (κ1) is 10.2. The number of hydrogen-bond donors (Lipinski definition) is 1. The molecular formula is C11H13N5O. The summed E-state index contributed by atoms with van der Waals surface area (Å²) in [7, 11) is 0. The first-order valence-electron chi connectivity index (χ1n) is 5.54. The van der Waals surface area contributed by atoms with Crippen molar-refractivity contribution in [2.45, 2.75) is 19.7 Å². The van der Waals surface area contributed by atoms with Crippen molar-refractivity contribution in [2.75, 3.05) is 11.4 Å². The van der Waals surface area contributed by atoms with Gasteiger partial charge in [-0.1, -0.05) is 6.07 Å². The Morgan fingerprint density at radius 3 is 3.00 bits per heavy atom. The van der Waals surface area contributed by atoms with Crippen LogP contribution in [0.2, 0.25) is 0 Å². The molecule has 0 fully saturated rings. The number of pyridine rings is 1. The van der Waals surface area contributed by atoms with Crippen LogP contribution in [0.4, 0.5) is 5.82 Å². The quantitative estimate of drug-likeness (QED) is 0.799. The predicted octanol–water partition coefficient (Wildman–Crippen LogP) is 0.186. The molecule has 0 radical (unpaired) electrons. The van der Waals surface area contributed by atoms with Crippen LogP contribution >= 0.6 is 0 Å². The molecular weight excluding hydrogens is 218 g/mol. The van der Waals surface area contributed by atoms with Crippen molar-refractivity contribution in [2.24, 2.45) is 0 Å². The van der Waals surface area contributed by atoms with Crippen LogP contribution in [-0.4, -0.2) is 31.4 Å². The van der Waals surface area contributed by atoms with E-state index in [2.05, 4.69) is 24.6 Å². The van der Waals surface area contributed by atoms with Gasteiger partial charge in [0.2, 0.25) is 0 Å². The number of anilines is 1. The van der Waals surface area contributed by atoms with Gasteiger partial charge in [0.15, 0.2) is 5.82 Å². The highest BCUT2D eigenvalue weighted by Crippen LogP contribution is 2.17. The Morgan fingerprint density at radius 1 is 1.29 bits per heavy atom. The zero-order valence-corrected chi connectivity index (χ0v) is 9.32. The molecule has 0 aromatic carbocycles. The smallest absolute Gasteiger partial charge is 0.152 e. The Hall–Kier alpha value is -1.95. The van der Waals surface area contributed by atoms with E-state index in [1.165, 1.54) is 0 Å². The third-order valence-electron chi connectivity index (χ3n) is 2.95. The van der Waals surface area contributed by atoms with E-state index in [0.29, 0.717) is 0 Å². The second-order valence-electron chi connectivity index (χ2n) is 4.04. The Labute approximate surface area is 98.5 Å². The van der Waals surface area contributed by atoms with Crippen molar-refractivity contribution in [3.63, 3.8) is 0 Å². The monoisotopic (exact) mass is 231 g/mol. The van der Waals surface area contributed by atoms with Crippen molar-refractivity contribution in [1.29, 1.82) is 0 Å². The summed E-state index contributed by atoms with van der Waals surface area (Å²) >= 11 is 0. The van der Waals surface area contributed by atoms with Gasteiger partial charge in [0.25, 0.3) is 0 Å². The summed E-state index contributed by atoms with van der Waals surface area (Å²) in [5.74, 6) is 1.88. The zero-order chi connectivity index (χ0) is 11.7. The number of nitrogens with zero attached hydrogens (tertiary/aromatic N) is 5. The Balaban J connectivity index is 1.81. The number of fused-ring (bicyclic) bond motifs is 1. The predicted molar refractivity (Wildman–Crippen MR) is 61.2 cm³/mol. The minimum atomic E-state index is 0.0294. The highest BCUT2D eigenvalue weighted by atomic mass is 16.3. The fraction of sp³-hybridized carbons (Fsp3) is 0.364. The van der Waals surface area contributed by atoms with Gasteiger partial charge in [-0.3, -0.25) is 0 Å². The van der Waals surface area contributed by atoms with Crippen LogP contribution < -0.4 is 4.90 Å². The first-order chi connectivity index (χ1) is 8.36. The summed E-state index contributed by atoms with van der Waals surface area (Å²) in [6.07, 6.45) is 3.46. The SMILES string of the molecule is OCc1ccc(N2CCn3cnnc3C2)nc1. The average molecular weight is 231 g/mol. The highest BCUT2D eigenvalue weighted by molar-refractivity contribution is 5.40. The molecule has 17 heavy (non-hydrogen) atoms. The maximum absolute atomic E-state index is 8.97. The summed E-state index contributed by atoms with van der Waals surface area (Å²) < 4.78 is 2.05. The van der Waals surface area contributed by atoms with Crippen LogP contribution in [0.3, 0.4) is 0 Å². The van der Waals surface area contributed by atoms with Crippen LogP contribution in [-0.2, 0) is 19.7 Å². The first-order valence-corrected chi connectivity index (χ1v) is 5.54. The molecule has 0 atom stereocenters. The van der Waals surface area contributed by atoms with E-state index in [1.54, 1.807) is 12.5 Å². The lowest BCUT2D eigenvalue weighted by Crippen LogP contribution is -2.34. The van der Waals surface area contributed by atoms with E-state index < -0.39 is 0 Å². The number of hydrogen-bond acceptors (Lipinski definition) is 5. The van der Waals surface area contributed by atoms with E-state index in [0.717, 1.165) is 36.8 Å². The molecule has 2 aromatic rings. The number of aromatic nitrogens is 4. The molecule has 0 spiro atoms. The molecule has 0 unspecified atom stereocenters. The van der Waals surface area contributed by atoms with Gasteiger partial charge in [-0.15, -0.1) is 10.2 Å². The van der Waals surface area contributed by atoms with Gasteiger partial charge in [0.1, 0.15) is 12.1 Å². The van der Waals surface area contributed by atoms with Crippen LogP contribution in [0.25, 0.3) is 0 Å². The number of aliphatic hydroxyl groups excluding tert-OH is 1. The standard InChI is InChI=1S/C11H13N5O/c17-7-9-1-2-10(12-5-9)15-3-4-16-8-13-14-11(16)6-15/h1-2,5,8,17H,3-4,6-7H2. The third kappa shape index (κ3) is 1.87. The van der Waals surface area contributed by atoms with Crippen molar-refractivity contribution >= 4 is 5.82 Å². The minimum Gasteiger partial charge on any atom is -0.392 e. The minimum absolute atomic E-state index is 0.0294. The average Bonchev–Trinajstić information content (AvgIpc) is 2.86. The van der Waals surface area contributed by atoms with E-state index in [9.17, 15) is 0 Å². The van der Waals surface area contributed by atoms with Gasteiger partial charge in [-0.05, 0) is 11.6 Å². The fourth-order valence-corrected chi connectivity index (χ4v) is 1.96. The molecule has 3 heterocycles. The molecule has 0 bridgehead atoms. The summed E-state index contributed by atoms with van der Waals surface area (Å²) in [6.45, 7) is 2.54. The highest BCUT2D eigenvalue weighted by Gasteiger charge is 2.18. The molecule has 1 aliphatic rings. The maximum atomic E-state index is 8.97. The number of rotatable bonds is 2. The summed E-state index contributed by atoms with van der Waals surface area (Å²) in [5.41, 5.74) is 0.828. The second kappa shape index (κ2) is 4.14. The fourth-order valence-electron chi connectivity index (χ4n) is 1.96. The van der Waals surface area contributed by atoms with E-state index >= 15 is 0 Å². The lowest BCUT2D eigenvalue weighted by Gasteiger charge is -2.27. The van der Waals surface area contributed by atoms with Gasteiger partial charge in [0.05, 0.1) is 13.2 Å². The van der Waals surface area contributed by atoms with E-state index in [4.69, 9.17) is 5.11 Å². The van der Waals surface area contributed by atoms with Gasteiger partial charge in [-0.25, -0.2) is 4.98 Å². The van der Waals surface area contributed by atoms with E-state index in [-0.39, 0.29) is 6.61 Å². The van der Waals surface area contributed by atoms with Crippen molar-refractivity contribution in [3.8, 4) is 0 Å². The maximum Gasteiger partial charge on any atom is 0.152 e. The molecule has 6 nitrogen and oxygen atoms in total. The largest absolute Gasteiger partial charge is 0.392 e. The van der Waals surface area contributed by atoms with Crippen molar-refractivity contribution in [1.82, 2.24) is 19.7 Å². The molecule has 0 amide bonds. The van der Waals surface area contributed by atoms with Crippen molar-refractivity contribution < 1.29 is 5.11 Å². The molecule has 6 heteroatoms. The lowest BCUT2D eigenvalue weighted by molar-refractivity contribution is 0.281. The molecule has 2 aromatic heterocycles. The molecule has 88 valence electrons. The Morgan fingerprint density at radius 2 is 2.24 bits per heavy atom. The third-order valence-corrected chi connectivity index (χ3v) is 2.95. The normalized spacial score (nSPS) is 14.8. The zero-order valence-electron chi connectivity index (χ0n) is 9.32. The lowest BCUT2D eigenvalue weighted by atomic mass is 10.3. The summed E-state index contributed by atoms with van der Waals surface area (Å²) in [5, 5.41) is 16.9. The van der Waals surface area contributed by atoms with Crippen molar-refractivity contribution in [3.05, 3.63) is 36.0 Å². The van der Waals surface area contributed by atoms with Gasteiger partial charge in [-0.2, -0.15) is 0 Å². The second-order valence-corrected chi connectivity index (χ2v) is 4.04. The van der Waals surface area contributed by atoms with Crippen LogP contribution in [0.5, 0.6) is 0 Å². The summed E-state index contributed by atoms with van der Waals surface area (Å²) in [4.78, 5) is 6.50.